The molecule has 20 aromatic rings. The molecule has 0 aliphatic heterocycles. The van der Waals surface area contributed by atoms with Crippen LogP contribution < -0.4 is 0 Å². The third-order valence-corrected chi connectivity index (χ3v) is 19.6. The molecule has 0 saturated carbocycles. The number of hydrogen-bond donors (Lipinski definition) is 0. The van der Waals surface area contributed by atoms with Gasteiger partial charge in [0.1, 0.15) is 22.3 Å². The lowest BCUT2D eigenvalue weighted by atomic mass is 9.85. The highest BCUT2D eigenvalue weighted by Gasteiger charge is 2.21. The van der Waals surface area contributed by atoms with Gasteiger partial charge in [0.2, 0.25) is 0 Å². The van der Waals surface area contributed by atoms with E-state index in [1.54, 1.807) is 0 Å². The van der Waals surface area contributed by atoms with Crippen molar-refractivity contribution in [1.29, 1.82) is 0 Å². The van der Waals surface area contributed by atoms with E-state index in [-0.39, 0.29) is 0 Å². The molecule has 0 N–H and O–H groups in total. The third-order valence-electron chi connectivity index (χ3n) is 19.6. The van der Waals surface area contributed by atoms with Crippen LogP contribution in [0.15, 0.2) is 349 Å². The predicted octanol–water partition coefficient (Wildman–Crippen LogP) is 26.4. The summed E-state index contributed by atoms with van der Waals surface area (Å²) >= 11 is 0. The van der Waals surface area contributed by atoms with Crippen molar-refractivity contribution < 1.29 is 8.83 Å². The maximum atomic E-state index is 6.44. The number of fused-ring (bicyclic) bond motifs is 15. The molecule has 0 spiro atoms. The lowest BCUT2D eigenvalue weighted by molar-refractivity contribution is 0.669. The van der Waals surface area contributed by atoms with Crippen LogP contribution in [0.5, 0.6) is 0 Å². The molecule has 2 heteroatoms. The van der Waals surface area contributed by atoms with Crippen molar-refractivity contribution in [2.45, 2.75) is 0 Å². The summed E-state index contributed by atoms with van der Waals surface area (Å²) in [5, 5.41) is 24.4. The Morgan fingerprint density at radius 2 is 0.447 bits per heavy atom. The predicted molar refractivity (Wildman–Crippen MR) is 400 cm³/mol. The second-order valence-electron chi connectivity index (χ2n) is 25.0. The lowest BCUT2D eigenvalue weighted by Gasteiger charge is -2.18. The molecule has 436 valence electrons. The fraction of sp³-hybridized carbons (Fsp3) is 0. The van der Waals surface area contributed by atoms with E-state index in [0.717, 1.165) is 49.3 Å². The monoisotopic (exact) mass is 1190 g/mol. The van der Waals surface area contributed by atoms with E-state index in [9.17, 15) is 0 Å². The molecule has 0 aliphatic carbocycles. The Morgan fingerprint density at radius 1 is 0.138 bits per heavy atom. The first-order valence-electron chi connectivity index (χ1n) is 32.3. The van der Waals surface area contributed by atoms with Crippen LogP contribution in [-0.4, -0.2) is 0 Å². The van der Waals surface area contributed by atoms with Gasteiger partial charge in [-0.1, -0.05) is 273 Å². The number of benzene rings is 18. The molecule has 0 atom stereocenters. The minimum Gasteiger partial charge on any atom is -0.456 e. The van der Waals surface area contributed by atoms with E-state index in [0.29, 0.717) is 0 Å². The summed E-state index contributed by atoms with van der Waals surface area (Å²) in [6.07, 6.45) is 0. The molecule has 94 heavy (non-hydrogen) atoms. The molecular formula is C92H56O2. The van der Waals surface area contributed by atoms with E-state index < -0.39 is 0 Å². The van der Waals surface area contributed by atoms with Crippen molar-refractivity contribution in [3.05, 3.63) is 340 Å². The molecule has 0 amide bonds. The van der Waals surface area contributed by atoms with Gasteiger partial charge in [-0.3, -0.25) is 0 Å². The van der Waals surface area contributed by atoms with Gasteiger partial charge >= 0.3 is 0 Å². The summed E-state index contributed by atoms with van der Waals surface area (Å²) in [5.74, 6) is 0. The van der Waals surface area contributed by atoms with Crippen LogP contribution in [0.4, 0.5) is 0 Å². The Balaban J connectivity index is 0.000000138. The maximum Gasteiger partial charge on any atom is 0.143 e. The van der Waals surface area contributed by atoms with Crippen LogP contribution in [0, 0.1) is 0 Å². The van der Waals surface area contributed by atoms with Crippen molar-refractivity contribution in [1.82, 2.24) is 0 Å². The highest BCUT2D eigenvalue weighted by atomic mass is 16.3. The standard InChI is InChI=1S/C52H32O.C40H24O/c1-2-12-34-27-39(24-23-33(34)11-1)35-15-9-17-41(28-35)51-43-19-5-7-21-45(43)52(46-22-8-6-20-44(46)51)42-18-10-16-36(29-42)40-25-26-49-47(31-40)48-30-37-13-3-4-14-38(37)32-50(48)53-49;1-2-11-27-23-28(18-17-25(27)9-1)38-31-13-5-7-15-33(31)39(34-16-8-6-14-32(34)38)29-20-22-37-36(24-29)35-21-19-26-10-3-4-12-30(26)40(35)41-37/h1-32H;1-24H. The molecule has 0 radical (unpaired) electrons. The summed E-state index contributed by atoms with van der Waals surface area (Å²) in [4.78, 5) is 0. The Hall–Kier alpha value is -12.4. The molecule has 20 rings (SSSR count). The zero-order valence-electron chi connectivity index (χ0n) is 51.1. The number of furan rings is 2. The van der Waals surface area contributed by atoms with Crippen LogP contribution in [0.1, 0.15) is 0 Å². The minimum absolute atomic E-state index is 0.910. The second kappa shape index (κ2) is 21.7. The minimum atomic E-state index is 0.910. The fourth-order valence-corrected chi connectivity index (χ4v) is 15.2. The number of hydrogen-bond acceptors (Lipinski definition) is 2. The van der Waals surface area contributed by atoms with E-state index >= 15 is 0 Å². The van der Waals surface area contributed by atoms with Crippen molar-refractivity contribution in [2.24, 2.45) is 0 Å². The summed E-state index contributed by atoms with van der Waals surface area (Å²) in [7, 11) is 0. The van der Waals surface area contributed by atoms with E-state index in [1.807, 2.05) is 0 Å². The van der Waals surface area contributed by atoms with Crippen molar-refractivity contribution in [2.75, 3.05) is 0 Å². The van der Waals surface area contributed by atoms with Gasteiger partial charge in [0.05, 0.1) is 0 Å². The smallest absolute Gasteiger partial charge is 0.143 e. The summed E-state index contributed by atoms with van der Waals surface area (Å²) < 4.78 is 12.8. The summed E-state index contributed by atoms with van der Waals surface area (Å²) in [5.41, 5.74) is 18.4. The largest absolute Gasteiger partial charge is 0.456 e. The van der Waals surface area contributed by atoms with E-state index in [2.05, 4.69) is 340 Å². The lowest BCUT2D eigenvalue weighted by Crippen LogP contribution is -1.91. The quantitative estimate of drug-likeness (QED) is 0.155. The first-order chi connectivity index (χ1) is 46.6. The molecule has 0 bridgehead atoms. The molecular weight excluding hydrogens is 1140 g/mol. The van der Waals surface area contributed by atoms with Gasteiger partial charge in [-0.25, -0.2) is 0 Å². The molecule has 2 aromatic heterocycles. The molecule has 18 aromatic carbocycles. The molecule has 0 saturated heterocycles. The van der Waals surface area contributed by atoms with Gasteiger partial charge in [0.15, 0.2) is 0 Å². The molecule has 0 unspecified atom stereocenters. The van der Waals surface area contributed by atoms with Gasteiger partial charge in [-0.2, -0.15) is 0 Å². The number of rotatable bonds is 6. The third kappa shape index (κ3) is 8.80. The van der Waals surface area contributed by atoms with Crippen LogP contribution >= 0.6 is 0 Å². The maximum absolute atomic E-state index is 6.44. The van der Waals surface area contributed by atoms with Gasteiger partial charge in [-0.05, 0) is 214 Å². The topological polar surface area (TPSA) is 26.3 Å². The van der Waals surface area contributed by atoms with Crippen LogP contribution in [0.3, 0.4) is 0 Å². The SMILES string of the molecule is c1cc(-c2ccc3ccccc3c2)cc(-c2c3ccccc3c(-c3cccc(-c4ccc5oc6cc7ccccc7cc6c5c4)c3)c3ccccc23)c1.c1ccc2cc(-c3c4ccccc4c(-c4ccc5oc6c7ccccc7ccc6c5c4)c4ccccc34)ccc2c1. The molecule has 2 heterocycles. The van der Waals surface area contributed by atoms with Crippen LogP contribution in [0.25, 0.3) is 197 Å². The first-order valence-corrected chi connectivity index (χ1v) is 32.3. The normalized spacial score (nSPS) is 11.8. The summed E-state index contributed by atoms with van der Waals surface area (Å²) in [6.45, 7) is 0. The first kappa shape index (κ1) is 53.5. The van der Waals surface area contributed by atoms with Crippen molar-refractivity contribution in [3.8, 4) is 66.8 Å². The Morgan fingerprint density at radius 3 is 0.968 bits per heavy atom. The molecule has 0 fully saturated rings. The highest BCUT2D eigenvalue weighted by Crippen LogP contribution is 2.48. The Bertz CT molecular complexity index is 6380. The van der Waals surface area contributed by atoms with Gasteiger partial charge in [0.25, 0.3) is 0 Å². The van der Waals surface area contributed by atoms with Crippen molar-refractivity contribution >= 4 is 130 Å². The van der Waals surface area contributed by atoms with Gasteiger partial charge in [-0.15, -0.1) is 0 Å². The van der Waals surface area contributed by atoms with E-state index in [1.165, 1.54) is 148 Å². The zero-order valence-corrected chi connectivity index (χ0v) is 51.1. The van der Waals surface area contributed by atoms with Crippen LogP contribution in [-0.2, 0) is 0 Å². The van der Waals surface area contributed by atoms with Crippen molar-refractivity contribution in [3.63, 3.8) is 0 Å². The zero-order chi connectivity index (χ0) is 61.8. The average Bonchev–Trinajstić information content (AvgIpc) is 0.820. The second-order valence-corrected chi connectivity index (χ2v) is 25.0. The highest BCUT2D eigenvalue weighted by molar-refractivity contribution is 6.25. The summed E-state index contributed by atoms with van der Waals surface area (Å²) in [6, 6.07) is 123. The fourth-order valence-electron chi connectivity index (χ4n) is 15.2. The Kier molecular flexibility index (Phi) is 12.3. The van der Waals surface area contributed by atoms with Crippen LogP contribution in [0.2, 0.25) is 0 Å². The Labute approximate surface area is 542 Å². The van der Waals surface area contributed by atoms with E-state index in [4.69, 9.17) is 8.83 Å². The van der Waals surface area contributed by atoms with Gasteiger partial charge in [0, 0.05) is 26.9 Å². The molecule has 0 aliphatic rings. The molecule has 2 nitrogen and oxygen atoms in total. The average molecular weight is 1190 g/mol. The van der Waals surface area contributed by atoms with Gasteiger partial charge < -0.3 is 8.83 Å².